The lowest BCUT2D eigenvalue weighted by atomic mass is 9.90. The Morgan fingerprint density at radius 3 is 2.90 bits per heavy atom. The SMILES string of the molecule is C=CC1=C(/C=C\C)C=C(c2cnc(C(C)CC)[nH]2)CC1. The first-order valence-electron chi connectivity index (χ1n) is 7.43. The molecule has 106 valence electrons. The zero-order chi connectivity index (χ0) is 14.5. The van der Waals surface area contributed by atoms with Gasteiger partial charge in [0.15, 0.2) is 0 Å². The largest absolute Gasteiger partial charge is 0.342 e. The number of rotatable bonds is 5. The van der Waals surface area contributed by atoms with Gasteiger partial charge in [0.2, 0.25) is 0 Å². The second-order valence-electron chi connectivity index (χ2n) is 5.35. The summed E-state index contributed by atoms with van der Waals surface area (Å²) in [4.78, 5) is 8.00. The van der Waals surface area contributed by atoms with E-state index in [1.54, 1.807) is 0 Å². The summed E-state index contributed by atoms with van der Waals surface area (Å²) >= 11 is 0. The van der Waals surface area contributed by atoms with Crippen molar-refractivity contribution in [1.29, 1.82) is 0 Å². The highest BCUT2D eigenvalue weighted by Gasteiger charge is 2.14. The first-order chi connectivity index (χ1) is 9.69. The van der Waals surface area contributed by atoms with Crippen LogP contribution in [-0.4, -0.2) is 9.97 Å². The van der Waals surface area contributed by atoms with E-state index in [0.29, 0.717) is 5.92 Å². The van der Waals surface area contributed by atoms with E-state index in [-0.39, 0.29) is 0 Å². The molecule has 1 heterocycles. The van der Waals surface area contributed by atoms with Crippen molar-refractivity contribution < 1.29 is 0 Å². The van der Waals surface area contributed by atoms with Gasteiger partial charge < -0.3 is 4.98 Å². The Hall–Kier alpha value is -1.83. The van der Waals surface area contributed by atoms with Crippen molar-refractivity contribution in [2.45, 2.75) is 46.0 Å². The maximum atomic E-state index is 4.52. The van der Waals surface area contributed by atoms with E-state index in [9.17, 15) is 0 Å². The highest BCUT2D eigenvalue weighted by atomic mass is 14.9. The molecule has 0 aliphatic heterocycles. The molecule has 0 saturated carbocycles. The second kappa shape index (κ2) is 6.56. The van der Waals surface area contributed by atoms with Crippen LogP contribution < -0.4 is 0 Å². The Balaban J connectivity index is 2.31. The third kappa shape index (κ3) is 3.01. The number of hydrogen-bond donors (Lipinski definition) is 1. The summed E-state index contributed by atoms with van der Waals surface area (Å²) in [5.74, 6) is 1.58. The molecule has 1 aliphatic carbocycles. The fourth-order valence-corrected chi connectivity index (χ4v) is 2.48. The summed E-state index contributed by atoms with van der Waals surface area (Å²) in [6, 6.07) is 0. The first kappa shape index (κ1) is 14.6. The van der Waals surface area contributed by atoms with Gasteiger partial charge in [-0.2, -0.15) is 0 Å². The molecule has 1 aliphatic rings. The number of H-pyrrole nitrogens is 1. The molecule has 0 spiro atoms. The van der Waals surface area contributed by atoms with Crippen molar-refractivity contribution in [3.63, 3.8) is 0 Å². The summed E-state index contributed by atoms with van der Waals surface area (Å²) < 4.78 is 0. The number of imidazole rings is 1. The molecule has 1 N–H and O–H groups in total. The molecule has 20 heavy (non-hydrogen) atoms. The Kier molecular flexibility index (Phi) is 4.78. The van der Waals surface area contributed by atoms with Gasteiger partial charge >= 0.3 is 0 Å². The smallest absolute Gasteiger partial charge is 0.109 e. The van der Waals surface area contributed by atoms with E-state index in [0.717, 1.165) is 30.8 Å². The zero-order valence-electron chi connectivity index (χ0n) is 12.7. The van der Waals surface area contributed by atoms with Crippen molar-refractivity contribution in [3.8, 4) is 0 Å². The highest BCUT2D eigenvalue weighted by molar-refractivity contribution is 5.70. The van der Waals surface area contributed by atoms with E-state index >= 15 is 0 Å². The molecular formula is C18H24N2. The molecule has 2 heteroatoms. The monoisotopic (exact) mass is 268 g/mol. The van der Waals surface area contributed by atoms with Gasteiger partial charge in [0.25, 0.3) is 0 Å². The van der Waals surface area contributed by atoms with Crippen LogP contribution in [0.3, 0.4) is 0 Å². The van der Waals surface area contributed by atoms with Gasteiger partial charge in [0.05, 0.1) is 11.9 Å². The van der Waals surface area contributed by atoms with Crippen molar-refractivity contribution >= 4 is 5.57 Å². The molecule has 0 bridgehead atoms. The zero-order valence-corrected chi connectivity index (χ0v) is 12.7. The van der Waals surface area contributed by atoms with Gasteiger partial charge in [-0.3, -0.25) is 0 Å². The average molecular weight is 268 g/mol. The molecule has 1 aromatic heterocycles. The quantitative estimate of drug-likeness (QED) is 0.785. The average Bonchev–Trinajstić information content (AvgIpc) is 2.96. The van der Waals surface area contributed by atoms with Crippen LogP contribution in [-0.2, 0) is 0 Å². The minimum absolute atomic E-state index is 0.488. The maximum absolute atomic E-state index is 4.52. The molecule has 1 unspecified atom stereocenters. The molecule has 0 amide bonds. The lowest BCUT2D eigenvalue weighted by Gasteiger charge is -2.15. The maximum Gasteiger partial charge on any atom is 0.109 e. The Labute approximate surface area is 122 Å². The number of nitrogens with one attached hydrogen (secondary N) is 1. The lowest BCUT2D eigenvalue weighted by Crippen LogP contribution is -1.98. The number of nitrogens with zero attached hydrogens (tertiary/aromatic N) is 1. The minimum Gasteiger partial charge on any atom is -0.342 e. The second-order valence-corrected chi connectivity index (χ2v) is 5.35. The van der Waals surface area contributed by atoms with Crippen LogP contribution in [0.2, 0.25) is 0 Å². The topological polar surface area (TPSA) is 28.7 Å². The van der Waals surface area contributed by atoms with Crippen LogP contribution in [0.5, 0.6) is 0 Å². The molecule has 0 saturated heterocycles. The molecule has 0 fully saturated rings. The minimum atomic E-state index is 0.488. The lowest BCUT2D eigenvalue weighted by molar-refractivity contribution is 0.688. The fourth-order valence-electron chi connectivity index (χ4n) is 2.48. The van der Waals surface area contributed by atoms with Crippen molar-refractivity contribution in [2.24, 2.45) is 0 Å². The predicted octanol–water partition coefficient (Wildman–Crippen LogP) is 5.16. The van der Waals surface area contributed by atoms with Gasteiger partial charge in [-0.05, 0) is 49.0 Å². The first-order valence-corrected chi connectivity index (χ1v) is 7.43. The summed E-state index contributed by atoms with van der Waals surface area (Å²) in [5.41, 5.74) is 5.09. The Bertz CT molecular complexity index is 570. The Morgan fingerprint density at radius 1 is 1.45 bits per heavy atom. The van der Waals surface area contributed by atoms with Crippen LogP contribution in [0, 0.1) is 0 Å². The van der Waals surface area contributed by atoms with E-state index in [2.05, 4.69) is 48.6 Å². The molecular weight excluding hydrogens is 244 g/mol. The van der Waals surface area contributed by atoms with Gasteiger partial charge in [0.1, 0.15) is 5.82 Å². The van der Waals surface area contributed by atoms with E-state index in [4.69, 9.17) is 0 Å². The van der Waals surface area contributed by atoms with Crippen molar-refractivity contribution in [2.75, 3.05) is 0 Å². The standard InChI is InChI=1S/C18H24N2/c1-5-8-15-11-16(10-9-14(15)7-3)17-12-19-18(20-17)13(4)6-2/h5,7-8,11-13H,3,6,9-10H2,1-2,4H3,(H,19,20)/b8-5-. The fraction of sp³-hybridized carbons (Fsp3) is 0.389. The normalized spacial score (nSPS) is 17.4. The number of allylic oxidation sites excluding steroid dienone is 7. The van der Waals surface area contributed by atoms with E-state index in [1.807, 2.05) is 19.2 Å². The van der Waals surface area contributed by atoms with Gasteiger partial charge in [-0.15, -0.1) is 0 Å². The molecule has 2 rings (SSSR count). The number of aromatic amines is 1. The van der Waals surface area contributed by atoms with Crippen LogP contribution in [0.15, 0.2) is 48.2 Å². The molecule has 1 atom stereocenters. The molecule has 0 radical (unpaired) electrons. The molecule has 2 nitrogen and oxygen atoms in total. The van der Waals surface area contributed by atoms with Crippen molar-refractivity contribution in [3.05, 3.63) is 59.7 Å². The van der Waals surface area contributed by atoms with Crippen molar-refractivity contribution in [1.82, 2.24) is 9.97 Å². The van der Waals surface area contributed by atoms with Gasteiger partial charge in [-0.1, -0.05) is 38.7 Å². The summed E-state index contributed by atoms with van der Waals surface area (Å²) in [7, 11) is 0. The number of aromatic nitrogens is 2. The molecule has 0 aromatic carbocycles. The van der Waals surface area contributed by atoms with Crippen LogP contribution in [0.4, 0.5) is 0 Å². The highest BCUT2D eigenvalue weighted by Crippen LogP contribution is 2.31. The van der Waals surface area contributed by atoms with Crippen LogP contribution in [0.1, 0.15) is 57.5 Å². The Morgan fingerprint density at radius 2 is 2.25 bits per heavy atom. The summed E-state index contributed by atoms with van der Waals surface area (Å²) in [6.07, 6.45) is 13.6. The van der Waals surface area contributed by atoms with Gasteiger partial charge in [-0.25, -0.2) is 4.98 Å². The third-order valence-electron chi connectivity index (χ3n) is 3.98. The van der Waals surface area contributed by atoms with E-state index < -0.39 is 0 Å². The van der Waals surface area contributed by atoms with Crippen LogP contribution >= 0.6 is 0 Å². The van der Waals surface area contributed by atoms with Gasteiger partial charge in [0, 0.05) is 5.92 Å². The summed E-state index contributed by atoms with van der Waals surface area (Å²) in [5, 5.41) is 0. The number of hydrogen-bond acceptors (Lipinski definition) is 1. The third-order valence-corrected chi connectivity index (χ3v) is 3.98. The van der Waals surface area contributed by atoms with Crippen LogP contribution in [0.25, 0.3) is 5.57 Å². The summed E-state index contributed by atoms with van der Waals surface area (Å²) in [6.45, 7) is 10.4. The predicted molar refractivity (Wildman–Crippen MR) is 86.5 cm³/mol. The van der Waals surface area contributed by atoms with E-state index in [1.165, 1.54) is 16.7 Å². The molecule has 1 aromatic rings.